The molecule has 0 fully saturated rings. The Labute approximate surface area is 160 Å². The fourth-order valence-electron chi connectivity index (χ4n) is 1.66. The number of anilines is 1. The van der Waals surface area contributed by atoms with Crippen LogP contribution in [0.4, 0.5) is 5.69 Å². The largest absolute Gasteiger partial charge is 0.378 e. The van der Waals surface area contributed by atoms with Crippen molar-refractivity contribution in [3.63, 3.8) is 0 Å². The van der Waals surface area contributed by atoms with Gasteiger partial charge in [-0.15, -0.1) is 11.3 Å². The third-order valence-electron chi connectivity index (χ3n) is 2.80. The van der Waals surface area contributed by atoms with Crippen LogP contribution in [0.15, 0.2) is 29.4 Å². The molecule has 0 aliphatic carbocycles. The van der Waals surface area contributed by atoms with Crippen molar-refractivity contribution in [3.05, 3.63) is 49.1 Å². The predicted octanol–water partition coefficient (Wildman–Crippen LogP) is 5.67. The van der Waals surface area contributed by atoms with Crippen LogP contribution in [0, 0.1) is 11.8 Å². The number of hydrazone groups is 1. The summed E-state index contributed by atoms with van der Waals surface area (Å²) < 4.78 is 0. The number of nitrogens with one attached hydrogen (secondary N) is 1. The van der Waals surface area contributed by atoms with E-state index in [1.54, 1.807) is 26.0 Å². The zero-order valence-electron chi connectivity index (χ0n) is 13.2. The van der Waals surface area contributed by atoms with E-state index < -0.39 is 5.60 Å². The summed E-state index contributed by atoms with van der Waals surface area (Å²) >= 11 is 19.6. The molecule has 0 aliphatic rings. The van der Waals surface area contributed by atoms with Gasteiger partial charge in [0.1, 0.15) is 5.60 Å². The molecule has 0 spiro atoms. The predicted molar refractivity (Wildman–Crippen MR) is 105 cm³/mol. The minimum Gasteiger partial charge on any atom is -0.378 e. The number of nitrogens with zero attached hydrogens (tertiary/aromatic N) is 1. The van der Waals surface area contributed by atoms with Crippen molar-refractivity contribution in [2.45, 2.75) is 26.4 Å². The molecule has 0 bridgehead atoms. The van der Waals surface area contributed by atoms with E-state index in [0.717, 1.165) is 15.5 Å². The lowest BCUT2D eigenvalue weighted by Crippen LogP contribution is -2.14. The van der Waals surface area contributed by atoms with E-state index in [-0.39, 0.29) is 0 Å². The first-order chi connectivity index (χ1) is 11.2. The van der Waals surface area contributed by atoms with Crippen LogP contribution < -0.4 is 5.43 Å². The molecule has 0 unspecified atom stereocenters. The molecule has 126 valence electrons. The van der Waals surface area contributed by atoms with Gasteiger partial charge >= 0.3 is 0 Å². The summed E-state index contributed by atoms with van der Waals surface area (Å²) in [7, 11) is 0. The summed E-state index contributed by atoms with van der Waals surface area (Å²) in [6.45, 7) is 5.15. The fraction of sp³-hybridized carbons (Fsp3) is 0.235. The molecule has 1 heterocycles. The first kappa shape index (κ1) is 19.1. The Hall–Kier alpha value is -1.22. The highest BCUT2D eigenvalue weighted by atomic mass is 35.5. The summed E-state index contributed by atoms with van der Waals surface area (Å²) in [4.78, 5) is 1.80. The average Bonchev–Trinajstić information content (AvgIpc) is 2.92. The van der Waals surface area contributed by atoms with E-state index in [0.29, 0.717) is 20.8 Å². The first-order valence-electron chi connectivity index (χ1n) is 6.96. The zero-order chi connectivity index (χ0) is 17.9. The van der Waals surface area contributed by atoms with E-state index >= 15 is 0 Å². The maximum Gasteiger partial charge on any atom is 0.120 e. The van der Waals surface area contributed by atoms with Gasteiger partial charge in [-0.1, -0.05) is 46.6 Å². The van der Waals surface area contributed by atoms with Crippen molar-refractivity contribution in [1.29, 1.82) is 0 Å². The van der Waals surface area contributed by atoms with Crippen LogP contribution in [0.5, 0.6) is 0 Å². The van der Waals surface area contributed by atoms with Gasteiger partial charge in [-0.2, -0.15) is 5.10 Å². The van der Waals surface area contributed by atoms with Gasteiger partial charge in [-0.25, -0.2) is 0 Å². The number of aliphatic hydroxyl groups is 1. The van der Waals surface area contributed by atoms with Crippen LogP contribution in [0.1, 0.15) is 30.5 Å². The van der Waals surface area contributed by atoms with Gasteiger partial charge in [0, 0.05) is 5.02 Å². The molecule has 2 aromatic rings. The maximum absolute atomic E-state index is 9.64. The molecule has 24 heavy (non-hydrogen) atoms. The van der Waals surface area contributed by atoms with Gasteiger partial charge in [0.05, 0.1) is 31.2 Å². The molecule has 0 amide bonds. The molecule has 1 aromatic carbocycles. The van der Waals surface area contributed by atoms with Crippen LogP contribution in [-0.2, 0) is 0 Å². The normalized spacial score (nSPS) is 11.9. The van der Waals surface area contributed by atoms with E-state index in [9.17, 15) is 5.11 Å². The number of benzene rings is 1. The second-order valence-electron chi connectivity index (χ2n) is 5.53. The van der Waals surface area contributed by atoms with Gasteiger partial charge < -0.3 is 5.11 Å². The Morgan fingerprint density at radius 3 is 2.42 bits per heavy atom. The molecule has 0 radical (unpaired) electrons. The summed E-state index contributed by atoms with van der Waals surface area (Å²) in [5.74, 6) is 5.73. The van der Waals surface area contributed by atoms with Crippen LogP contribution in [0.3, 0.4) is 0 Å². The molecular weight excluding hydrogens is 387 g/mol. The second kappa shape index (κ2) is 7.77. The molecular formula is C17H15Cl3N2OS. The maximum atomic E-state index is 9.64. The first-order valence-corrected chi connectivity index (χ1v) is 8.91. The highest BCUT2D eigenvalue weighted by Gasteiger charge is 2.09. The Bertz CT molecular complexity index is 818. The Kier molecular flexibility index (Phi) is 6.19. The third kappa shape index (κ3) is 5.41. The minimum absolute atomic E-state index is 0.395. The topological polar surface area (TPSA) is 44.6 Å². The smallest absolute Gasteiger partial charge is 0.120 e. The van der Waals surface area contributed by atoms with Gasteiger partial charge in [0.2, 0.25) is 0 Å². The molecule has 7 heteroatoms. The fourth-order valence-corrected chi connectivity index (χ4v) is 3.36. The lowest BCUT2D eigenvalue weighted by molar-refractivity contribution is 0.143. The highest BCUT2D eigenvalue weighted by molar-refractivity contribution is 7.14. The van der Waals surface area contributed by atoms with Crippen LogP contribution in [0.2, 0.25) is 15.1 Å². The number of rotatable bonds is 3. The Balaban J connectivity index is 2.18. The summed E-state index contributed by atoms with van der Waals surface area (Å²) in [6, 6.07) is 7.00. The molecule has 0 aliphatic heterocycles. The number of hydrogen-bond acceptors (Lipinski definition) is 4. The van der Waals surface area contributed by atoms with Gasteiger partial charge in [-0.3, -0.25) is 5.43 Å². The van der Waals surface area contributed by atoms with Crippen molar-refractivity contribution in [2.24, 2.45) is 5.10 Å². The van der Waals surface area contributed by atoms with Crippen molar-refractivity contribution in [1.82, 2.24) is 0 Å². The van der Waals surface area contributed by atoms with Crippen LogP contribution in [-0.4, -0.2) is 16.4 Å². The van der Waals surface area contributed by atoms with Gasteiger partial charge in [0.15, 0.2) is 0 Å². The van der Waals surface area contributed by atoms with Crippen molar-refractivity contribution in [2.75, 3.05) is 5.43 Å². The number of thiophene rings is 1. The quantitative estimate of drug-likeness (QED) is 0.395. The summed E-state index contributed by atoms with van der Waals surface area (Å²) in [5.41, 5.74) is 3.11. The summed E-state index contributed by atoms with van der Waals surface area (Å²) in [5, 5.41) is 15.2. The molecule has 1 aromatic heterocycles. The van der Waals surface area contributed by atoms with Crippen LogP contribution in [0.25, 0.3) is 0 Å². The zero-order valence-corrected chi connectivity index (χ0v) is 16.3. The highest BCUT2D eigenvalue weighted by Crippen LogP contribution is 2.33. The van der Waals surface area contributed by atoms with E-state index in [2.05, 4.69) is 22.4 Å². The second-order valence-corrected chi connectivity index (χ2v) is 7.86. The Morgan fingerprint density at radius 1 is 1.21 bits per heavy atom. The third-order valence-corrected chi connectivity index (χ3v) is 4.72. The molecule has 2 rings (SSSR count). The lowest BCUT2D eigenvalue weighted by Gasteiger charge is -2.07. The lowest BCUT2D eigenvalue weighted by atomic mass is 10.1. The molecule has 3 nitrogen and oxygen atoms in total. The SMILES string of the molecule is C/C(=N/Nc1c(Cl)cc(Cl)cc1Cl)c1ccc(C#CC(C)(C)O)s1. The number of halogens is 3. The summed E-state index contributed by atoms with van der Waals surface area (Å²) in [6.07, 6.45) is 0. The van der Waals surface area contributed by atoms with Crippen molar-refractivity contribution in [3.8, 4) is 11.8 Å². The monoisotopic (exact) mass is 400 g/mol. The van der Waals surface area contributed by atoms with E-state index in [1.807, 2.05) is 19.1 Å². The number of hydrogen-bond donors (Lipinski definition) is 2. The molecule has 0 saturated carbocycles. The van der Waals surface area contributed by atoms with E-state index in [1.165, 1.54) is 11.3 Å². The molecule has 0 atom stereocenters. The van der Waals surface area contributed by atoms with Crippen LogP contribution >= 0.6 is 46.1 Å². The van der Waals surface area contributed by atoms with Crippen molar-refractivity contribution >= 4 is 57.5 Å². The average molecular weight is 402 g/mol. The molecule has 0 saturated heterocycles. The minimum atomic E-state index is -1.02. The van der Waals surface area contributed by atoms with Gasteiger partial charge in [-0.05, 0) is 45.0 Å². The van der Waals surface area contributed by atoms with E-state index in [4.69, 9.17) is 34.8 Å². The van der Waals surface area contributed by atoms with Crippen molar-refractivity contribution < 1.29 is 5.11 Å². The standard InChI is InChI=1S/C17H15Cl3N2OS/c1-10(15-5-4-12(24-15)6-7-17(2,3)23)21-22-16-13(19)8-11(18)9-14(16)20/h4-5,8-9,22-23H,1-3H3/b21-10-. The molecule has 2 N–H and O–H groups in total. The Morgan fingerprint density at radius 2 is 1.83 bits per heavy atom. The van der Waals surface area contributed by atoms with Gasteiger partial charge in [0.25, 0.3) is 0 Å².